The standard InChI is InChI=1S/C20H22N4OS/c1-3-4-18-23-14(2)13-17(24-18)15-5-7-16(8-6-15)20(25)22-10-9-19-21-11-12-26-19/h5-8,11-13H,3-4,9-10H2,1-2H3,(H,22,25). The van der Waals surface area contributed by atoms with Gasteiger partial charge in [0.15, 0.2) is 0 Å². The molecule has 134 valence electrons. The molecule has 0 fully saturated rings. The van der Waals surface area contributed by atoms with Crippen LogP contribution >= 0.6 is 11.3 Å². The largest absolute Gasteiger partial charge is 0.352 e. The highest BCUT2D eigenvalue weighted by molar-refractivity contribution is 7.09. The topological polar surface area (TPSA) is 67.8 Å². The molecule has 0 aliphatic carbocycles. The summed E-state index contributed by atoms with van der Waals surface area (Å²) in [7, 11) is 0. The predicted octanol–water partition coefficient (Wildman–Crippen LogP) is 3.83. The lowest BCUT2D eigenvalue weighted by atomic mass is 10.1. The fraction of sp³-hybridized carbons (Fsp3) is 0.300. The smallest absolute Gasteiger partial charge is 0.251 e. The average Bonchev–Trinajstić information content (AvgIpc) is 3.15. The third kappa shape index (κ3) is 4.73. The fourth-order valence-corrected chi connectivity index (χ4v) is 3.29. The highest BCUT2D eigenvalue weighted by Gasteiger charge is 2.08. The van der Waals surface area contributed by atoms with Gasteiger partial charge in [-0.05, 0) is 31.5 Å². The number of benzene rings is 1. The van der Waals surface area contributed by atoms with Gasteiger partial charge in [-0.2, -0.15) is 0 Å². The summed E-state index contributed by atoms with van der Waals surface area (Å²) < 4.78 is 0. The van der Waals surface area contributed by atoms with Crippen molar-refractivity contribution in [2.45, 2.75) is 33.1 Å². The summed E-state index contributed by atoms with van der Waals surface area (Å²) in [5, 5.41) is 5.90. The maximum Gasteiger partial charge on any atom is 0.251 e. The molecule has 26 heavy (non-hydrogen) atoms. The van der Waals surface area contributed by atoms with Crippen LogP contribution < -0.4 is 5.32 Å². The Morgan fingerprint density at radius 2 is 1.96 bits per heavy atom. The van der Waals surface area contributed by atoms with Gasteiger partial charge in [0.2, 0.25) is 0 Å². The molecule has 0 atom stereocenters. The number of carbonyl (C=O) groups is 1. The first-order valence-electron chi connectivity index (χ1n) is 8.77. The summed E-state index contributed by atoms with van der Waals surface area (Å²) >= 11 is 1.60. The highest BCUT2D eigenvalue weighted by Crippen LogP contribution is 2.19. The number of hydrogen-bond donors (Lipinski definition) is 1. The molecule has 5 nitrogen and oxygen atoms in total. The van der Waals surface area contributed by atoms with E-state index in [0.29, 0.717) is 12.1 Å². The van der Waals surface area contributed by atoms with E-state index in [2.05, 4.69) is 27.2 Å². The minimum Gasteiger partial charge on any atom is -0.352 e. The Hall–Kier alpha value is -2.60. The molecule has 2 heterocycles. The van der Waals surface area contributed by atoms with Crippen molar-refractivity contribution in [1.29, 1.82) is 0 Å². The van der Waals surface area contributed by atoms with Crippen LogP contribution in [0.2, 0.25) is 0 Å². The van der Waals surface area contributed by atoms with Crippen molar-refractivity contribution in [3.8, 4) is 11.3 Å². The maximum atomic E-state index is 12.3. The number of carbonyl (C=O) groups excluding carboxylic acids is 1. The van der Waals surface area contributed by atoms with Gasteiger partial charge in [-0.3, -0.25) is 4.79 Å². The molecule has 1 amide bonds. The van der Waals surface area contributed by atoms with Crippen LogP contribution in [-0.2, 0) is 12.8 Å². The molecular formula is C20H22N4OS. The fourth-order valence-electron chi connectivity index (χ4n) is 2.67. The molecule has 0 bridgehead atoms. The minimum atomic E-state index is -0.0707. The molecule has 2 aromatic heterocycles. The number of aromatic nitrogens is 3. The monoisotopic (exact) mass is 366 g/mol. The first-order chi connectivity index (χ1) is 12.7. The van der Waals surface area contributed by atoms with E-state index in [4.69, 9.17) is 0 Å². The number of hydrogen-bond acceptors (Lipinski definition) is 5. The van der Waals surface area contributed by atoms with Crippen molar-refractivity contribution in [2.75, 3.05) is 6.54 Å². The Bertz CT molecular complexity index is 860. The zero-order valence-electron chi connectivity index (χ0n) is 15.0. The molecule has 0 radical (unpaired) electrons. The van der Waals surface area contributed by atoms with Gasteiger partial charge in [-0.15, -0.1) is 11.3 Å². The summed E-state index contributed by atoms with van der Waals surface area (Å²) in [5.41, 5.74) is 3.50. The zero-order chi connectivity index (χ0) is 18.4. The lowest BCUT2D eigenvalue weighted by Crippen LogP contribution is -2.25. The van der Waals surface area contributed by atoms with Crippen LogP contribution in [0.15, 0.2) is 41.9 Å². The van der Waals surface area contributed by atoms with Gasteiger partial charge in [-0.1, -0.05) is 19.1 Å². The van der Waals surface area contributed by atoms with Gasteiger partial charge in [-0.25, -0.2) is 15.0 Å². The summed E-state index contributed by atoms with van der Waals surface area (Å²) in [6.07, 6.45) is 4.42. The summed E-state index contributed by atoms with van der Waals surface area (Å²) in [5.74, 6) is 0.796. The molecule has 0 saturated carbocycles. The van der Waals surface area contributed by atoms with Crippen LogP contribution in [0.4, 0.5) is 0 Å². The van der Waals surface area contributed by atoms with Crippen LogP contribution in [-0.4, -0.2) is 27.4 Å². The maximum absolute atomic E-state index is 12.3. The number of rotatable bonds is 7. The quantitative estimate of drug-likeness (QED) is 0.690. The first kappa shape index (κ1) is 18.2. The number of amides is 1. The van der Waals surface area contributed by atoms with Gasteiger partial charge in [0.05, 0.1) is 10.7 Å². The first-order valence-corrected chi connectivity index (χ1v) is 9.65. The molecule has 6 heteroatoms. The normalized spacial score (nSPS) is 10.7. The van der Waals surface area contributed by atoms with Crippen molar-refractivity contribution in [2.24, 2.45) is 0 Å². The van der Waals surface area contributed by atoms with Gasteiger partial charge >= 0.3 is 0 Å². The molecule has 1 N–H and O–H groups in total. The lowest BCUT2D eigenvalue weighted by molar-refractivity contribution is 0.0954. The SMILES string of the molecule is CCCc1nc(C)cc(-c2ccc(C(=O)NCCc3nccs3)cc2)n1. The lowest BCUT2D eigenvalue weighted by Gasteiger charge is -2.07. The van der Waals surface area contributed by atoms with Crippen LogP contribution in [0, 0.1) is 6.92 Å². The van der Waals surface area contributed by atoms with Gasteiger partial charge in [0, 0.05) is 47.8 Å². The van der Waals surface area contributed by atoms with Crippen LogP contribution in [0.25, 0.3) is 11.3 Å². The second-order valence-electron chi connectivity index (χ2n) is 6.07. The van der Waals surface area contributed by atoms with Crippen molar-refractivity contribution in [1.82, 2.24) is 20.3 Å². The summed E-state index contributed by atoms with van der Waals surface area (Å²) in [4.78, 5) is 25.6. The molecule has 0 aliphatic rings. The van der Waals surface area contributed by atoms with Crippen LogP contribution in [0.5, 0.6) is 0 Å². The van der Waals surface area contributed by atoms with Gasteiger partial charge in [0.1, 0.15) is 5.82 Å². The molecule has 0 unspecified atom stereocenters. The van der Waals surface area contributed by atoms with Crippen molar-refractivity contribution in [3.63, 3.8) is 0 Å². The van der Waals surface area contributed by atoms with E-state index in [1.807, 2.05) is 42.6 Å². The van der Waals surface area contributed by atoms with E-state index < -0.39 is 0 Å². The van der Waals surface area contributed by atoms with Crippen LogP contribution in [0.3, 0.4) is 0 Å². The third-order valence-electron chi connectivity index (χ3n) is 3.92. The molecule has 0 aliphatic heterocycles. The van der Waals surface area contributed by atoms with E-state index in [0.717, 1.165) is 47.0 Å². The molecular weight excluding hydrogens is 344 g/mol. The second-order valence-corrected chi connectivity index (χ2v) is 7.05. The number of nitrogens with zero attached hydrogens (tertiary/aromatic N) is 3. The molecule has 0 spiro atoms. The predicted molar refractivity (Wildman–Crippen MR) is 104 cm³/mol. The Labute approximate surface area is 157 Å². The van der Waals surface area contributed by atoms with E-state index in [-0.39, 0.29) is 5.91 Å². The van der Waals surface area contributed by atoms with Crippen molar-refractivity contribution >= 4 is 17.2 Å². The number of nitrogens with one attached hydrogen (secondary N) is 1. The Kier molecular flexibility index (Phi) is 6.07. The molecule has 3 rings (SSSR count). The Balaban J connectivity index is 1.65. The highest BCUT2D eigenvalue weighted by atomic mass is 32.1. The second kappa shape index (κ2) is 8.67. The van der Waals surface area contributed by atoms with Crippen LogP contribution in [0.1, 0.15) is 40.2 Å². The average molecular weight is 366 g/mol. The van der Waals surface area contributed by atoms with E-state index in [1.165, 1.54) is 0 Å². The van der Waals surface area contributed by atoms with E-state index >= 15 is 0 Å². The zero-order valence-corrected chi connectivity index (χ0v) is 15.8. The van der Waals surface area contributed by atoms with E-state index in [9.17, 15) is 4.79 Å². The van der Waals surface area contributed by atoms with Crippen molar-refractivity contribution in [3.05, 3.63) is 64.0 Å². The summed E-state index contributed by atoms with van der Waals surface area (Å²) in [6, 6.07) is 9.53. The third-order valence-corrected chi connectivity index (χ3v) is 4.76. The Morgan fingerprint density at radius 3 is 2.65 bits per heavy atom. The number of aryl methyl sites for hydroxylation is 2. The number of thiazole rings is 1. The van der Waals surface area contributed by atoms with Gasteiger partial charge in [0.25, 0.3) is 5.91 Å². The minimum absolute atomic E-state index is 0.0707. The molecule has 0 saturated heterocycles. The van der Waals surface area contributed by atoms with E-state index in [1.54, 1.807) is 17.5 Å². The summed E-state index contributed by atoms with van der Waals surface area (Å²) in [6.45, 7) is 4.68. The van der Waals surface area contributed by atoms with Gasteiger partial charge < -0.3 is 5.32 Å². The van der Waals surface area contributed by atoms with Crippen molar-refractivity contribution < 1.29 is 4.79 Å². The molecule has 1 aromatic carbocycles. The Morgan fingerprint density at radius 1 is 1.15 bits per heavy atom. The molecule has 3 aromatic rings.